The van der Waals surface area contributed by atoms with Gasteiger partial charge in [0.05, 0.1) is 17.5 Å². The maximum absolute atomic E-state index is 14.1. The van der Waals surface area contributed by atoms with Gasteiger partial charge in [-0.1, -0.05) is 26.0 Å². The van der Waals surface area contributed by atoms with Crippen LogP contribution >= 0.6 is 0 Å². The fourth-order valence-electron chi connectivity index (χ4n) is 7.26. The standard InChI is InChI=1S/C31H42N4O7/c1-15(2)14-35(7)10-8-9-16-13-20(33(3)4)18-11-17-12-19-24(34(5)6)27(38)23(30(32)41)29(40)31(19,42)28(39)21(17)26(37)22(18)25(16)36/h8-9,13,15,17,19,21,23-24,36,42H,10-12,14H2,1-7H3,(H2,32,41)/t17-,19-,21?,23?,24-,31-/m0/s1. The van der Waals surface area contributed by atoms with Crippen LogP contribution in [0.2, 0.25) is 0 Å². The van der Waals surface area contributed by atoms with E-state index in [1.165, 1.54) is 4.90 Å². The second-order valence-corrected chi connectivity index (χ2v) is 12.9. The van der Waals surface area contributed by atoms with Crippen molar-refractivity contribution < 1.29 is 34.2 Å². The fraction of sp³-hybridized carbons (Fsp3) is 0.581. The SMILES string of the molecule is CC(C)CN(C)CC=Cc1cc(N(C)C)c2c(c1O)C(=O)C1C(=O)[C@]3(O)C(=O)C(C(N)=O)C(=O)[C@@H](N(C)C)[C@@H]3C[C@@H]1C2. The summed E-state index contributed by atoms with van der Waals surface area (Å²) in [5.74, 6) is -10.0. The van der Waals surface area contributed by atoms with Gasteiger partial charge in [-0.2, -0.15) is 0 Å². The Labute approximate surface area is 246 Å². The van der Waals surface area contributed by atoms with Crippen LogP contribution in [0.5, 0.6) is 5.75 Å². The van der Waals surface area contributed by atoms with Gasteiger partial charge in [0.2, 0.25) is 5.91 Å². The molecule has 0 aliphatic heterocycles. The number of aliphatic hydroxyl groups is 1. The zero-order valence-corrected chi connectivity index (χ0v) is 25.4. The van der Waals surface area contributed by atoms with Crippen molar-refractivity contribution in [3.05, 3.63) is 28.8 Å². The third-order valence-corrected chi connectivity index (χ3v) is 8.94. The summed E-state index contributed by atoms with van der Waals surface area (Å²) in [6.45, 7) is 5.74. The van der Waals surface area contributed by atoms with E-state index in [0.717, 1.165) is 6.54 Å². The van der Waals surface area contributed by atoms with E-state index in [2.05, 4.69) is 18.7 Å². The van der Waals surface area contributed by atoms with Crippen molar-refractivity contribution in [1.82, 2.24) is 9.80 Å². The van der Waals surface area contributed by atoms with E-state index in [0.29, 0.717) is 29.3 Å². The summed E-state index contributed by atoms with van der Waals surface area (Å²) in [6.07, 6.45) is 3.86. The van der Waals surface area contributed by atoms with Crippen LogP contribution in [-0.4, -0.2) is 109 Å². The molecule has 2 fully saturated rings. The lowest BCUT2D eigenvalue weighted by Gasteiger charge is -2.52. The third kappa shape index (κ3) is 4.97. The Hall–Kier alpha value is -3.41. The molecule has 0 aromatic heterocycles. The van der Waals surface area contributed by atoms with Gasteiger partial charge in [0, 0.05) is 44.4 Å². The van der Waals surface area contributed by atoms with Gasteiger partial charge in [0.25, 0.3) is 0 Å². The number of carbonyl (C=O) groups is 5. The molecule has 3 aliphatic rings. The molecular weight excluding hydrogens is 540 g/mol. The van der Waals surface area contributed by atoms with Gasteiger partial charge in [-0.25, -0.2) is 0 Å². The van der Waals surface area contributed by atoms with Crippen molar-refractivity contribution in [2.75, 3.05) is 53.2 Å². The Morgan fingerprint density at radius 1 is 1.12 bits per heavy atom. The molecular formula is C31H42N4O7. The van der Waals surface area contributed by atoms with Crippen molar-refractivity contribution >= 4 is 40.8 Å². The average molecular weight is 583 g/mol. The second kappa shape index (κ2) is 11.3. The Kier molecular flexibility index (Phi) is 8.52. The molecule has 1 aromatic carbocycles. The number of aromatic hydroxyl groups is 1. The van der Waals surface area contributed by atoms with Crippen LogP contribution in [0.25, 0.3) is 6.08 Å². The van der Waals surface area contributed by atoms with Gasteiger partial charge >= 0.3 is 0 Å². The quantitative estimate of drug-likeness (QED) is 0.369. The lowest BCUT2D eigenvalue weighted by atomic mass is 9.52. The molecule has 0 spiro atoms. The molecule has 11 heteroatoms. The van der Waals surface area contributed by atoms with Crippen molar-refractivity contribution in [3.8, 4) is 5.75 Å². The van der Waals surface area contributed by atoms with Gasteiger partial charge in [0.1, 0.15) is 5.75 Å². The normalized spacial score (nSPS) is 29.4. The molecule has 11 nitrogen and oxygen atoms in total. The van der Waals surface area contributed by atoms with Gasteiger partial charge in [0.15, 0.2) is 34.7 Å². The number of anilines is 1. The molecule has 3 aliphatic carbocycles. The molecule has 6 atom stereocenters. The minimum absolute atomic E-state index is 0.0111. The number of nitrogens with zero attached hydrogens (tertiary/aromatic N) is 3. The molecule has 4 N–H and O–H groups in total. The highest BCUT2D eigenvalue weighted by atomic mass is 16.3. The molecule has 42 heavy (non-hydrogen) atoms. The van der Waals surface area contributed by atoms with E-state index in [1.807, 2.05) is 32.1 Å². The predicted molar refractivity (Wildman–Crippen MR) is 157 cm³/mol. The molecule has 0 heterocycles. The Bertz CT molecular complexity index is 1370. The van der Waals surface area contributed by atoms with Gasteiger partial charge in [-0.3, -0.25) is 28.9 Å². The zero-order chi connectivity index (χ0) is 31.4. The Balaban J connectivity index is 1.81. The number of amides is 1. The third-order valence-electron chi connectivity index (χ3n) is 8.94. The number of rotatable bonds is 8. The summed E-state index contributed by atoms with van der Waals surface area (Å²) in [5.41, 5.74) is 4.31. The summed E-state index contributed by atoms with van der Waals surface area (Å²) < 4.78 is 0. The molecule has 2 unspecified atom stereocenters. The Morgan fingerprint density at radius 2 is 1.76 bits per heavy atom. The number of Topliss-reactive ketones (excluding diaryl/α,β-unsaturated/α-hetero) is 4. The van der Waals surface area contributed by atoms with Crippen LogP contribution in [0.3, 0.4) is 0 Å². The number of hydrogen-bond acceptors (Lipinski definition) is 10. The molecule has 0 radical (unpaired) electrons. The van der Waals surface area contributed by atoms with Crippen LogP contribution < -0.4 is 10.6 Å². The highest BCUT2D eigenvalue weighted by molar-refractivity contribution is 6.32. The number of fused-ring (bicyclic) bond motifs is 3. The summed E-state index contributed by atoms with van der Waals surface area (Å²) in [6, 6.07) is 0.671. The molecule has 1 aromatic rings. The van der Waals surface area contributed by atoms with Crippen molar-refractivity contribution in [2.45, 2.75) is 38.3 Å². The van der Waals surface area contributed by atoms with E-state index in [4.69, 9.17) is 5.73 Å². The van der Waals surface area contributed by atoms with Gasteiger partial charge < -0.3 is 25.7 Å². The molecule has 4 rings (SSSR count). The number of phenolic OH excluding ortho intramolecular Hbond substituents is 1. The smallest absolute Gasteiger partial charge is 0.235 e. The molecule has 228 valence electrons. The van der Waals surface area contributed by atoms with Crippen LogP contribution in [-0.2, 0) is 25.6 Å². The first-order chi connectivity index (χ1) is 19.5. The predicted octanol–water partition coefficient (Wildman–Crippen LogP) is 0.534. The van der Waals surface area contributed by atoms with Crippen molar-refractivity contribution in [2.24, 2.45) is 35.3 Å². The minimum Gasteiger partial charge on any atom is -0.507 e. The number of ketones is 4. The van der Waals surface area contributed by atoms with E-state index in [1.54, 1.807) is 26.2 Å². The number of hydrogen-bond donors (Lipinski definition) is 3. The van der Waals surface area contributed by atoms with Gasteiger partial charge in [-0.15, -0.1) is 0 Å². The Morgan fingerprint density at radius 3 is 2.31 bits per heavy atom. The zero-order valence-electron chi connectivity index (χ0n) is 25.4. The summed E-state index contributed by atoms with van der Waals surface area (Å²) in [4.78, 5) is 72.5. The number of nitrogens with two attached hydrogens (primary N) is 1. The van der Waals surface area contributed by atoms with Crippen LogP contribution in [0.1, 0.15) is 41.8 Å². The largest absolute Gasteiger partial charge is 0.507 e. The van der Waals surface area contributed by atoms with E-state index in [-0.39, 0.29) is 24.2 Å². The van der Waals surface area contributed by atoms with Crippen LogP contribution in [0.15, 0.2) is 12.1 Å². The maximum atomic E-state index is 14.1. The van der Waals surface area contributed by atoms with E-state index >= 15 is 0 Å². The molecule has 1 amide bonds. The average Bonchev–Trinajstić information content (AvgIpc) is 2.86. The first-order valence-corrected chi connectivity index (χ1v) is 14.3. The molecule has 0 bridgehead atoms. The lowest BCUT2D eigenvalue weighted by Crippen LogP contribution is -2.74. The topological polar surface area (TPSA) is 162 Å². The number of likely N-dealkylation sites (N-methyl/N-ethyl adjacent to an activating group) is 2. The molecule has 2 saturated carbocycles. The maximum Gasteiger partial charge on any atom is 0.235 e. The first kappa shape index (κ1) is 31.5. The van der Waals surface area contributed by atoms with E-state index < -0.39 is 64.4 Å². The highest BCUT2D eigenvalue weighted by Gasteiger charge is 2.69. The first-order valence-electron chi connectivity index (χ1n) is 14.3. The van der Waals surface area contributed by atoms with Gasteiger partial charge in [-0.05, 0) is 57.5 Å². The summed E-state index contributed by atoms with van der Waals surface area (Å²) >= 11 is 0. The monoisotopic (exact) mass is 582 g/mol. The summed E-state index contributed by atoms with van der Waals surface area (Å²) in [7, 11) is 8.76. The van der Waals surface area contributed by atoms with Crippen molar-refractivity contribution in [3.63, 3.8) is 0 Å². The van der Waals surface area contributed by atoms with E-state index in [9.17, 15) is 34.2 Å². The number of primary amides is 1. The second-order valence-electron chi connectivity index (χ2n) is 12.9. The van der Waals surface area contributed by atoms with Crippen LogP contribution in [0, 0.1) is 29.6 Å². The minimum atomic E-state index is -2.74. The van der Waals surface area contributed by atoms with Crippen LogP contribution in [0.4, 0.5) is 5.69 Å². The number of benzene rings is 1. The fourth-order valence-corrected chi connectivity index (χ4v) is 7.26. The highest BCUT2D eigenvalue weighted by Crippen LogP contribution is 2.52. The summed E-state index contributed by atoms with van der Waals surface area (Å²) in [5, 5.41) is 23.1. The number of carbonyl (C=O) groups excluding carboxylic acids is 5. The lowest BCUT2D eigenvalue weighted by molar-refractivity contribution is -0.181. The van der Waals surface area contributed by atoms with Crippen molar-refractivity contribution in [1.29, 1.82) is 0 Å². The number of phenols is 1. The molecule has 0 saturated heterocycles.